The quantitative estimate of drug-likeness (QED) is 0.382. The highest BCUT2D eigenvalue weighted by Crippen LogP contribution is 2.30. The second-order valence-corrected chi connectivity index (χ2v) is 11.8. The molecule has 0 unspecified atom stereocenters. The lowest BCUT2D eigenvalue weighted by Crippen LogP contribution is -2.46. The summed E-state index contributed by atoms with van der Waals surface area (Å²) >= 11 is 0. The van der Waals surface area contributed by atoms with E-state index in [4.69, 9.17) is 13.7 Å². The molecule has 0 radical (unpaired) electrons. The first-order chi connectivity index (χ1) is 18.8. The Morgan fingerprint density at radius 3 is 2.64 bits per heavy atom. The average molecular weight is 558 g/mol. The number of aromatic nitrogens is 1. The van der Waals surface area contributed by atoms with Crippen LogP contribution in [0.25, 0.3) is 12.2 Å². The molecular weight excluding hydrogens is 525 g/mol. The number of nitrogens with zero attached hydrogens (tertiary/aromatic N) is 3. The zero-order valence-electron chi connectivity index (χ0n) is 21.8. The fraction of sp³-hybridized carbons (Fsp3) is 0.429. The number of halogens is 1. The monoisotopic (exact) mass is 557 g/mol. The lowest BCUT2D eigenvalue weighted by Gasteiger charge is -2.34. The number of rotatable bonds is 9. The third kappa shape index (κ3) is 6.15. The molecule has 2 saturated heterocycles. The summed E-state index contributed by atoms with van der Waals surface area (Å²) in [5.74, 6) is -0.0254. The minimum Gasteiger partial charge on any atom is -0.467 e. The van der Waals surface area contributed by atoms with Gasteiger partial charge in [0, 0.05) is 37.7 Å². The van der Waals surface area contributed by atoms with Gasteiger partial charge in [-0.3, -0.25) is 4.79 Å². The summed E-state index contributed by atoms with van der Waals surface area (Å²) in [7, 11) is -3.95. The van der Waals surface area contributed by atoms with Gasteiger partial charge in [-0.2, -0.15) is 4.31 Å². The van der Waals surface area contributed by atoms with E-state index in [1.165, 1.54) is 22.5 Å². The molecule has 208 valence electrons. The van der Waals surface area contributed by atoms with Crippen molar-refractivity contribution < 1.29 is 31.3 Å². The highest BCUT2D eigenvalue weighted by Gasteiger charge is 2.37. The fourth-order valence-corrected chi connectivity index (χ4v) is 6.88. The van der Waals surface area contributed by atoms with Crippen LogP contribution in [0, 0.1) is 18.7 Å². The molecule has 0 aliphatic carbocycles. The first kappa shape index (κ1) is 27.3. The van der Waals surface area contributed by atoms with E-state index in [2.05, 4.69) is 5.16 Å². The highest BCUT2D eigenvalue weighted by molar-refractivity contribution is 7.89. The standard InChI is InChI=1S/C28H32FN3O6S/c1-20-27(26(38-30-20)11-10-21-6-2-3-9-25(21)29)39(34,35)32-14-12-22(13-15-32)28(33)31(18-23-7-4-16-36-23)19-24-8-5-17-37-24/h2-4,6-7,9-11,16,22,24H,5,8,12-15,17-19H2,1H3/b11-10+/t24-/m1/s1. The number of benzene rings is 1. The molecule has 2 aromatic heterocycles. The number of amides is 1. The molecule has 0 N–H and O–H groups in total. The number of furan rings is 1. The first-order valence-corrected chi connectivity index (χ1v) is 14.6. The smallest absolute Gasteiger partial charge is 0.248 e. The van der Waals surface area contributed by atoms with Crippen LogP contribution >= 0.6 is 0 Å². The molecule has 0 saturated carbocycles. The van der Waals surface area contributed by atoms with Crippen molar-refractivity contribution in [3.05, 3.63) is 71.3 Å². The van der Waals surface area contributed by atoms with Gasteiger partial charge in [0.2, 0.25) is 15.9 Å². The van der Waals surface area contributed by atoms with Crippen LogP contribution < -0.4 is 0 Å². The molecule has 3 aromatic rings. The number of hydrogen-bond acceptors (Lipinski definition) is 7. The van der Waals surface area contributed by atoms with Crippen LogP contribution in [0.3, 0.4) is 0 Å². The predicted octanol–water partition coefficient (Wildman–Crippen LogP) is 4.49. The number of piperidine rings is 1. The molecule has 0 bridgehead atoms. The minimum atomic E-state index is -3.95. The Balaban J connectivity index is 1.27. The summed E-state index contributed by atoms with van der Waals surface area (Å²) in [5, 5.41) is 3.86. The molecule has 1 aromatic carbocycles. The summed E-state index contributed by atoms with van der Waals surface area (Å²) in [4.78, 5) is 15.3. The molecule has 11 heteroatoms. The minimum absolute atomic E-state index is 0.00298. The second-order valence-electron chi connectivity index (χ2n) is 9.93. The van der Waals surface area contributed by atoms with E-state index in [-0.39, 0.29) is 47.4 Å². The van der Waals surface area contributed by atoms with Crippen LogP contribution in [0.5, 0.6) is 0 Å². The predicted molar refractivity (Wildman–Crippen MR) is 141 cm³/mol. The van der Waals surface area contributed by atoms with Gasteiger partial charge >= 0.3 is 0 Å². The summed E-state index contributed by atoms with van der Waals surface area (Å²) < 4.78 is 59.2. The largest absolute Gasteiger partial charge is 0.467 e. The summed E-state index contributed by atoms with van der Waals surface area (Å²) in [6.07, 6.45) is 7.12. The molecular formula is C28H32FN3O6S. The number of ether oxygens (including phenoxy) is 1. The van der Waals surface area contributed by atoms with Crippen LogP contribution in [-0.4, -0.2) is 61.0 Å². The lowest BCUT2D eigenvalue weighted by atomic mass is 9.96. The van der Waals surface area contributed by atoms with Crippen molar-refractivity contribution in [3.63, 3.8) is 0 Å². The molecule has 39 heavy (non-hydrogen) atoms. The van der Waals surface area contributed by atoms with E-state index in [1.807, 2.05) is 6.07 Å². The van der Waals surface area contributed by atoms with Gasteiger partial charge in [-0.15, -0.1) is 0 Å². The number of aryl methyl sites for hydroxylation is 1. The normalized spacial score (nSPS) is 19.2. The molecule has 2 fully saturated rings. The van der Waals surface area contributed by atoms with Gasteiger partial charge in [0.25, 0.3) is 0 Å². The number of sulfonamides is 1. The molecule has 4 heterocycles. The molecule has 1 amide bonds. The van der Waals surface area contributed by atoms with E-state index >= 15 is 0 Å². The summed E-state index contributed by atoms with van der Waals surface area (Å²) in [6.45, 7) is 3.47. The van der Waals surface area contributed by atoms with Crippen molar-refractivity contribution in [2.24, 2.45) is 5.92 Å². The molecule has 5 rings (SSSR count). The molecule has 9 nitrogen and oxygen atoms in total. The van der Waals surface area contributed by atoms with Crippen molar-refractivity contribution in [1.29, 1.82) is 0 Å². The van der Waals surface area contributed by atoms with Crippen LogP contribution in [0.15, 0.2) is 56.5 Å². The Hall–Kier alpha value is -3.28. The summed E-state index contributed by atoms with van der Waals surface area (Å²) in [5.41, 5.74) is 0.527. The van der Waals surface area contributed by atoms with E-state index in [1.54, 1.807) is 42.4 Å². The van der Waals surface area contributed by atoms with E-state index in [9.17, 15) is 17.6 Å². The Bertz CT molecular complexity index is 1400. The molecule has 1 atom stereocenters. The maximum Gasteiger partial charge on any atom is 0.248 e. The first-order valence-electron chi connectivity index (χ1n) is 13.1. The van der Waals surface area contributed by atoms with Gasteiger partial charge < -0.3 is 18.6 Å². The van der Waals surface area contributed by atoms with Crippen molar-refractivity contribution in [2.75, 3.05) is 26.2 Å². The average Bonchev–Trinajstić information content (AvgIpc) is 3.71. The van der Waals surface area contributed by atoms with E-state index < -0.39 is 15.8 Å². The Morgan fingerprint density at radius 1 is 1.15 bits per heavy atom. The molecule has 0 spiro atoms. The Morgan fingerprint density at radius 2 is 1.95 bits per heavy atom. The molecule has 2 aliphatic rings. The van der Waals surface area contributed by atoms with Gasteiger partial charge in [-0.1, -0.05) is 23.4 Å². The zero-order valence-corrected chi connectivity index (χ0v) is 22.6. The Kier molecular flexibility index (Phi) is 8.29. The van der Waals surface area contributed by atoms with Gasteiger partial charge in [-0.05, 0) is 63.0 Å². The van der Waals surface area contributed by atoms with Crippen molar-refractivity contribution >= 4 is 28.1 Å². The topological polar surface area (TPSA) is 106 Å². The van der Waals surface area contributed by atoms with Gasteiger partial charge in [-0.25, -0.2) is 12.8 Å². The third-order valence-electron chi connectivity index (χ3n) is 7.24. The maximum atomic E-state index is 14.0. The lowest BCUT2D eigenvalue weighted by molar-refractivity contribution is -0.139. The summed E-state index contributed by atoms with van der Waals surface area (Å²) in [6, 6.07) is 9.80. The number of hydrogen-bond donors (Lipinski definition) is 0. The number of carbonyl (C=O) groups excluding carboxylic acids is 1. The van der Waals surface area contributed by atoms with Crippen molar-refractivity contribution in [1.82, 2.24) is 14.4 Å². The Labute approximate surface area is 227 Å². The van der Waals surface area contributed by atoms with Crippen LogP contribution in [-0.2, 0) is 26.1 Å². The molecule has 2 aliphatic heterocycles. The van der Waals surface area contributed by atoms with Gasteiger partial charge in [0.1, 0.15) is 17.3 Å². The van der Waals surface area contributed by atoms with Crippen LogP contribution in [0.4, 0.5) is 4.39 Å². The van der Waals surface area contributed by atoms with E-state index in [0.717, 1.165) is 12.8 Å². The number of carbonyl (C=O) groups is 1. The maximum absolute atomic E-state index is 14.0. The SMILES string of the molecule is Cc1noc(/C=C/c2ccccc2F)c1S(=O)(=O)N1CCC(C(=O)N(Cc2ccco2)C[C@H]2CCCO2)CC1. The highest BCUT2D eigenvalue weighted by atomic mass is 32.2. The fourth-order valence-electron chi connectivity index (χ4n) is 5.16. The van der Waals surface area contributed by atoms with E-state index in [0.29, 0.717) is 43.9 Å². The van der Waals surface area contributed by atoms with Crippen molar-refractivity contribution in [3.8, 4) is 0 Å². The van der Waals surface area contributed by atoms with Gasteiger partial charge in [0.05, 0.1) is 18.9 Å². The second kappa shape index (κ2) is 11.8. The van der Waals surface area contributed by atoms with Crippen LogP contribution in [0.2, 0.25) is 0 Å². The third-order valence-corrected chi connectivity index (χ3v) is 9.30. The zero-order chi connectivity index (χ0) is 27.4. The van der Waals surface area contributed by atoms with Crippen LogP contribution in [0.1, 0.15) is 48.5 Å². The van der Waals surface area contributed by atoms with Crippen molar-refractivity contribution in [2.45, 2.75) is 50.2 Å². The van der Waals surface area contributed by atoms with Gasteiger partial charge in [0.15, 0.2) is 10.7 Å².